The molecule has 0 aliphatic carbocycles. The van der Waals surface area contributed by atoms with Crippen molar-refractivity contribution in [3.63, 3.8) is 0 Å². The molecule has 1 aromatic rings. The summed E-state index contributed by atoms with van der Waals surface area (Å²) in [5, 5.41) is 0. The molecule has 0 spiro atoms. The maximum absolute atomic E-state index is 11.7. The highest BCUT2D eigenvalue weighted by atomic mass is 33.1. The van der Waals surface area contributed by atoms with Gasteiger partial charge in [0.2, 0.25) is 0 Å². The van der Waals surface area contributed by atoms with Crippen molar-refractivity contribution in [2.24, 2.45) is 11.5 Å². The number of hydrogen-bond acceptors (Lipinski definition) is 10. The fraction of sp³-hybridized carbons (Fsp3) is 0.619. The molecule has 0 aliphatic heterocycles. The fourth-order valence-corrected chi connectivity index (χ4v) is 4.54. The number of esters is 2. The Bertz CT molecular complexity index is 825. The third-order valence-corrected chi connectivity index (χ3v) is 6.66. The SMILES string of the molecule is CC(C)(C)OC(=O)C(N)CSSCC(N)C(=O)OC(C)(C)C.Cc1ccc(S(=O)(=O)O)cc1. The van der Waals surface area contributed by atoms with E-state index in [0.29, 0.717) is 11.5 Å². The van der Waals surface area contributed by atoms with E-state index in [2.05, 4.69) is 0 Å². The molecule has 0 saturated carbocycles. The van der Waals surface area contributed by atoms with Gasteiger partial charge in [-0.05, 0) is 60.6 Å². The Morgan fingerprint density at radius 3 is 1.48 bits per heavy atom. The Morgan fingerprint density at radius 2 is 1.21 bits per heavy atom. The van der Waals surface area contributed by atoms with E-state index < -0.39 is 45.3 Å². The predicted molar refractivity (Wildman–Crippen MR) is 134 cm³/mol. The summed E-state index contributed by atoms with van der Waals surface area (Å²) >= 11 is 0. The van der Waals surface area contributed by atoms with E-state index in [1.807, 2.05) is 6.92 Å². The van der Waals surface area contributed by atoms with Crippen LogP contribution in [0.4, 0.5) is 0 Å². The lowest BCUT2D eigenvalue weighted by atomic mass is 10.2. The van der Waals surface area contributed by atoms with E-state index in [0.717, 1.165) is 5.56 Å². The van der Waals surface area contributed by atoms with E-state index in [-0.39, 0.29) is 4.90 Å². The second kappa shape index (κ2) is 13.5. The Hall–Kier alpha value is -1.31. The minimum Gasteiger partial charge on any atom is -0.459 e. The van der Waals surface area contributed by atoms with Gasteiger partial charge in [-0.3, -0.25) is 14.1 Å². The molecule has 1 aromatic carbocycles. The summed E-state index contributed by atoms with van der Waals surface area (Å²) in [7, 11) is -1.25. The fourth-order valence-electron chi connectivity index (χ4n) is 1.84. The molecular weight excluding hydrogens is 488 g/mol. The van der Waals surface area contributed by atoms with Crippen LogP contribution in [0.2, 0.25) is 0 Å². The van der Waals surface area contributed by atoms with Gasteiger partial charge in [0.15, 0.2) is 0 Å². The molecular formula is C21H36N2O7S3. The number of ether oxygens (including phenoxy) is 2. The molecule has 2 unspecified atom stereocenters. The quantitative estimate of drug-likeness (QED) is 0.198. The molecule has 0 radical (unpaired) electrons. The van der Waals surface area contributed by atoms with Crippen LogP contribution in [0.25, 0.3) is 0 Å². The van der Waals surface area contributed by atoms with E-state index >= 15 is 0 Å². The van der Waals surface area contributed by atoms with Gasteiger partial charge in [0, 0.05) is 11.5 Å². The van der Waals surface area contributed by atoms with Crippen LogP contribution in [-0.2, 0) is 29.2 Å². The molecule has 0 heterocycles. The topological polar surface area (TPSA) is 159 Å². The Kier molecular flexibility index (Phi) is 13.0. The first kappa shape index (κ1) is 31.7. The number of carbonyl (C=O) groups is 2. The van der Waals surface area contributed by atoms with Crippen LogP contribution in [0.15, 0.2) is 29.2 Å². The Balaban J connectivity index is 0.000000771. The van der Waals surface area contributed by atoms with Gasteiger partial charge in [-0.2, -0.15) is 8.42 Å². The van der Waals surface area contributed by atoms with Crippen LogP contribution >= 0.6 is 21.6 Å². The zero-order valence-electron chi connectivity index (χ0n) is 20.2. The molecule has 0 aromatic heterocycles. The third kappa shape index (κ3) is 16.0. The summed E-state index contributed by atoms with van der Waals surface area (Å²) in [6.45, 7) is 12.6. The lowest BCUT2D eigenvalue weighted by Crippen LogP contribution is -2.39. The summed E-state index contributed by atoms with van der Waals surface area (Å²) in [4.78, 5) is 23.3. The van der Waals surface area contributed by atoms with Gasteiger partial charge in [-0.15, -0.1) is 0 Å². The van der Waals surface area contributed by atoms with Crippen molar-refractivity contribution >= 4 is 43.6 Å². The third-order valence-electron chi connectivity index (χ3n) is 3.32. The number of nitrogens with two attached hydrogens (primary N) is 2. The van der Waals surface area contributed by atoms with Crippen molar-refractivity contribution < 1.29 is 32.0 Å². The molecule has 12 heteroatoms. The average molecular weight is 525 g/mol. The standard InChI is InChI=1S/C14H28N2O4S2.C7H8O3S/c1-13(2,3)19-11(17)9(15)7-21-22-8-10(16)12(18)20-14(4,5)6;1-6-2-4-7(5-3-6)11(8,9)10/h9-10H,7-8,15-16H2,1-6H3;2-5H,1H3,(H,8,9,10). The predicted octanol–water partition coefficient (Wildman–Crippen LogP) is 2.95. The molecule has 0 bridgehead atoms. The first-order valence-corrected chi connectivity index (χ1v) is 14.0. The molecule has 2 atom stereocenters. The van der Waals surface area contributed by atoms with E-state index in [1.165, 1.54) is 33.7 Å². The van der Waals surface area contributed by atoms with Crippen LogP contribution in [0, 0.1) is 6.92 Å². The molecule has 0 saturated heterocycles. The van der Waals surface area contributed by atoms with Crippen LogP contribution in [0.5, 0.6) is 0 Å². The number of aryl methyl sites for hydroxylation is 1. The smallest absolute Gasteiger partial charge is 0.324 e. The zero-order chi connectivity index (χ0) is 26.0. The number of benzene rings is 1. The molecule has 0 fully saturated rings. The second-order valence-corrected chi connectivity index (χ2v) is 13.1. The van der Waals surface area contributed by atoms with Gasteiger partial charge in [0.25, 0.3) is 10.1 Å². The first-order chi connectivity index (χ1) is 14.8. The molecule has 5 N–H and O–H groups in total. The number of carbonyl (C=O) groups excluding carboxylic acids is 2. The van der Waals surface area contributed by atoms with Crippen molar-refractivity contribution in [3.8, 4) is 0 Å². The normalized spacial score (nSPS) is 13.9. The largest absolute Gasteiger partial charge is 0.459 e. The van der Waals surface area contributed by atoms with Crippen LogP contribution < -0.4 is 11.5 Å². The molecule has 0 aliphatic rings. The van der Waals surface area contributed by atoms with E-state index in [4.69, 9.17) is 25.5 Å². The summed E-state index contributed by atoms with van der Waals surface area (Å²) in [5.41, 5.74) is 11.4. The Morgan fingerprint density at radius 1 is 0.879 bits per heavy atom. The van der Waals surface area contributed by atoms with Gasteiger partial charge >= 0.3 is 11.9 Å². The van der Waals surface area contributed by atoms with Crippen LogP contribution in [-0.4, -0.2) is 59.7 Å². The molecule has 1 rings (SSSR count). The van der Waals surface area contributed by atoms with E-state index in [9.17, 15) is 18.0 Å². The molecule has 9 nitrogen and oxygen atoms in total. The van der Waals surface area contributed by atoms with Crippen molar-refractivity contribution in [2.75, 3.05) is 11.5 Å². The molecule has 190 valence electrons. The maximum atomic E-state index is 11.7. The Labute approximate surface area is 204 Å². The maximum Gasteiger partial charge on any atom is 0.324 e. The zero-order valence-corrected chi connectivity index (χ0v) is 22.6. The van der Waals surface area contributed by atoms with Crippen molar-refractivity contribution in [1.82, 2.24) is 0 Å². The van der Waals surface area contributed by atoms with Gasteiger partial charge in [-0.25, -0.2) is 0 Å². The summed E-state index contributed by atoms with van der Waals surface area (Å²) in [6.07, 6.45) is 0. The summed E-state index contributed by atoms with van der Waals surface area (Å²) < 4.78 is 39.9. The van der Waals surface area contributed by atoms with Crippen LogP contribution in [0.3, 0.4) is 0 Å². The summed E-state index contributed by atoms with van der Waals surface area (Å²) in [6, 6.07) is 4.59. The second-order valence-electron chi connectivity index (χ2n) is 9.14. The highest BCUT2D eigenvalue weighted by molar-refractivity contribution is 8.76. The minimum absolute atomic E-state index is 0.0666. The monoisotopic (exact) mass is 524 g/mol. The summed E-state index contributed by atoms with van der Waals surface area (Å²) in [5.74, 6) is -0.0876. The van der Waals surface area contributed by atoms with Gasteiger partial charge in [0.05, 0.1) is 4.90 Å². The average Bonchev–Trinajstić information content (AvgIpc) is 2.62. The van der Waals surface area contributed by atoms with Gasteiger partial charge < -0.3 is 20.9 Å². The molecule has 33 heavy (non-hydrogen) atoms. The first-order valence-electron chi connectivity index (χ1n) is 10.1. The van der Waals surface area contributed by atoms with Gasteiger partial charge in [0.1, 0.15) is 23.3 Å². The van der Waals surface area contributed by atoms with E-state index in [1.54, 1.807) is 53.7 Å². The van der Waals surface area contributed by atoms with Crippen LogP contribution in [0.1, 0.15) is 47.1 Å². The highest BCUT2D eigenvalue weighted by Crippen LogP contribution is 2.23. The van der Waals surface area contributed by atoms with Gasteiger partial charge in [-0.1, -0.05) is 39.3 Å². The highest BCUT2D eigenvalue weighted by Gasteiger charge is 2.24. The van der Waals surface area contributed by atoms with Crippen molar-refractivity contribution in [2.45, 2.75) is 76.6 Å². The van der Waals surface area contributed by atoms with Crippen molar-refractivity contribution in [1.29, 1.82) is 0 Å². The van der Waals surface area contributed by atoms with Crippen molar-refractivity contribution in [3.05, 3.63) is 29.8 Å². The minimum atomic E-state index is -4.02. The molecule has 0 amide bonds. The lowest BCUT2D eigenvalue weighted by molar-refractivity contribution is -0.156. The number of rotatable bonds is 8. The number of hydrogen-bond donors (Lipinski definition) is 3. The lowest BCUT2D eigenvalue weighted by Gasteiger charge is -2.22.